The molecule has 1 aromatic heterocycles. The molecule has 0 bridgehead atoms. The first kappa shape index (κ1) is 17.1. The molecule has 6 heteroatoms. The summed E-state index contributed by atoms with van der Waals surface area (Å²) < 4.78 is 0.791. The van der Waals surface area contributed by atoms with E-state index in [-0.39, 0.29) is 29.2 Å². The number of aromatic nitrogens is 1. The number of pyridine rings is 1. The van der Waals surface area contributed by atoms with Crippen LogP contribution in [0, 0.1) is 6.92 Å². The van der Waals surface area contributed by atoms with E-state index in [2.05, 4.69) is 31.5 Å². The maximum absolute atomic E-state index is 12.3. The molecule has 2 amide bonds. The van der Waals surface area contributed by atoms with Gasteiger partial charge in [0.15, 0.2) is 0 Å². The second kappa shape index (κ2) is 7.37. The van der Waals surface area contributed by atoms with Crippen LogP contribution in [0.15, 0.2) is 40.9 Å². The number of nitrogens with zero attached hydrogens (tertiary/aromatic N) is 1. The number of carbonyl (C=O) groups excluding carboxylic acids is 2. The Bertz CT molecular complexity index is 744. The van der Waals surface area contributed by atoms with Crippen LogP contribution in [0.25, 0.3) is 0 Å². The maximum atomic E-state index is 12.3. The Labute approximate surface area is 143 Å². The van der Waals surface area contributed by atoms with Crippen molar-refractivity contribution in [3.05, 3.63) is 57.8 Å². The van der Waals surface area contributed by atoms with Gasteiger partial charge in [-0.25, -0.2) is 4.98 Å². The molecule has 5 nitrogen and oxygen atoms in total. The number of aryl methyl sites for hydroxylation is 1. The Balaban J connectivity index is 2.18. The highest BCUT2D eigenvalue weighted by Crippen LogP contribution is 2.23. The minimum atomic E-state index is -0.367. The number of hydrogen-bond donors (Lipinski definition) is 2. The summed E-state index contributed by atoms with van der Waals surface area (Å²) in [5.74, 6) is -0.667. The molecular formula is C17H18BrN3O2. The van der Waals surface area contributed by atoms with Crippen LogP contribution in [0.5, 0.6) is 0 Å². The van der Waals surface area contributed by atoms with Crippen LogP contribution in [-0.4, -0.2) is 22.8 Å². The lowest BCUT2D eigenvalue weighted by Gasteiger charge is -2.10. The van der Waals surface area contributed by atoms with Crippen molar-refractivity contribution in [1.82, 2.24) is 10.3 Å². The minimum absolute atomic E-state index is 0.00490. The molecule has 120 valence electrons. The van der Waals surface area contributed by atoms with Crippen LogP contribution in [0.1, 0.15) is 40.4 Å². The number of amides is 2. The third-order valence-corrected chi connectivity index (χ3v) is 3.66. The summed E-state index contributed by atoms with van der Waals surface area (Å²) in [7, 11) is 0. The molecule has 2 N–H and O–H groups in total. The smallest absolute Gasteiger partial charge is 0.274 e. The number of nitrogens with one attached hydrogen (secondary N) is 2. The molecule has 1 aromatic carbocycles. The molecule has 2 aromatic rings. The normalized spacial score (nSPS) is 10.5. The fourth-order valence-corrected chi connectivity index (χ4v) is 2.52. The second-order valence-corrected chi connectivity index (χ2v) is 6.33. The summed E-state index contributed by atoms with van der Waals surface area (Å²) in [4.78, 5) is 28.4. The van der Waals surface area contributed by atoms with Gasteiger partial charge in [-0.05, 0) is 66.5 Å². The summed E-state index contributed by atoms with van der Waals surface area (Å²) in [6, 6.07) is 10.4. The van der Waals surface area contributed by atoms with Crippen LogP contribution in [0.4, 0.5) is 5.69 Å². The summed E-state index contributed by atoms with van der Waals surface area (Å²) in [6.45, 7) is 5.70. The van der Waals surface area contributed by atoms with Crippen molar-refractivity contribution in [1.29, 1.82) is 0 Å². The number of anilines is 1. The van der Waals surface area contributed by atoms with E-state index in [9.17, 15) is 9.59 Å². The average molecular weight is 376 g/mol. The summed E-state index contributed by atoms with van der Waals surface area (Å²) in [6.07, 6.45) is 0. The number of carbonyl (C=O) groups is 2. The highest BCUT2D eigenvalue weighted by Gasteiger charge is 2.14. The molecule has 0 aliphatic rings. The quantitative estimate of drug-likeness (QED) is 0.858. The van der Waals surface area contributed by atoms with Gasteiger partial charge >= 0.3 is 0 Å². The summed E-state index contributed by atoms with van der Waals surface area (Å²) in [5.41, 5.74) is 2.14. The van der Waals surface area contributed by atoms with Gasteiger partial charge in [-0.3, -0.25) is 9.59 Å². The van der Waals surface area contributed by atoms with Crippen LogP contribution >= 0.6 is 15.9 Å². The zero-order valence-electron chi connectivity index (χ0n) is 13.2. The first-order valence-electron chi connectivity index (χ1n) is 7.22. The van der Waals surface area contributed by atoms with Gasteiger partial charge in [0.2, 0.25) is 0 Å². The van der Waals surface area contributed by atoms with Crippen LogP contribution < -0.4 is 10.6 Å². The first-order valence-corrected chi connectivity index (χ1v) is 8.01. The molecule has 0 saturated heterocycles. The van der Waals surface area contributed by atoms with Crippen molar-refractivity contribution < 1.29 is 9.59 Å². The third-order valence-electron chi connectivity index (χ3n) is 3.01. The summed E-state index contributed by atoms with van der Waals surface area (Å²) in [5, 5.41) is 5.53. The highest BCUT2D eigenvalue weighted by atomic mass is 79.9. The molecular weight excluding hydrogens is 358 g/mol. The Kier molecular flexibility index (Phi) is 5.50. The van der Waals surface area contributed by atoms with E-state index in [1.165, 1.54) is 0 Å². The molecule has 0 fully saturated rings. The molecule has 0 aliphatic heterocycles. The lowest BCUT2D eigenvalue weighted by atomic mass is 10.2. The first-order chi connectivity index (χ1) is 10.9. The van der Waals surface area contributed by atoms with Gasteiger partial charge in [-0.1, -0.05) is 12.1 Å². The van der Waals surface area contributed by atoms with Crippen molar-refractivity contribution >= 4 is 33.4 Å². The molecule has 0 unspecified atom stereocenters. The average Bonchev–Trinajstić information content (AvgIpc) is 2.49. The number of rotatable bonds is 4. The van der Waals surface area contributed by atoms with Crippen LogP contribution in [0.3, 0.4) is 0 Å². The standard InChI is InChI=1S/C17H18BrN3O2/c1-10(2)19-16(22)14-5-4-6-15(20-14)17(23)21-13-8-7-11(3)9-12(13)18/h4-10H,1-3H3,(H,19,22)(H,21,23). The molecule has 0 saturated carbocycles. The Morgan fingerprint density at radius 2 is 1.74 bits per heavy atom. The van der Waals surface area contributed by atoms with Crippen LogP contribution in [-0.2, 0) is 0 Å². The Hall–Kier alpha value is -2.21. The van der Waals surface area contributed by atoms with Crippen molar-refractivity contribution in [3.8, 4) is 0 Å². The molecule has 0 spiro atoms. The van der Waals surface area contributed by atoms with Gasteiger partial charge < -0.3 is 10.6 Å². The van der Waals surface area contributed by atoms with E-state index in [4.69, 9.17) is 0 Å². The van der Waals surface area contributed by atoms with E-state index in [1.54, 1.807) is 18.2 Å². The molecule has 2 rings (SSSR count). The van der Waals surface area contributed by atoms with Gasteiger partial charge in [0, 0.05) is 10.5 Å². The predicted molar refractivity (Wildman–Crippen MR) is 93.7 cm³/mol. The fourth-order valence-electron chi connectivity index (χ4n) is 1.93. The zero-order valence-corrected chi connectivity index (χ0v) is 14.8. The van der Waals surface area contributed by atoms with Crippen LogP contribution in [0.2, 0.25) is 0 Å². The predicted octanol–water partition coefficient (Wildman–Crippen LogP) is 3.54. The SMILES string of the molecule is Cc1ccc(NC(=O)c2cccc(C(=O)NC(C)C)n2)c(Br)c1. The second-order valence-electron chi connectivity index (χ2n) is 5.47. The van der Waals surface area contributed by atoms with E-state index in [0.29, 0.717) is 5.69 Å². The molecule has 23 heavy (non-hydrogen) atoms. The van der Waals surface area contributed by atoms with Gasteiger partial charge in [0.05, 0.1) is 5.69 Å². The van der Waals surface area contributed by atoms with Crippen molar-refractivity contribution in [2.75, 3.05) is 5.32 Å². The van der Waals surface area contributed by atoms with Crippen molar-refractivity contribution in [2.45, 2.75) is 26.8 Å². The van der Waals surface area contributed by atoms with E-state index in [0.717, 1.165) is 10.0 Å². The van der Waals surface area contributed by atoms with Gasteiger partial charge in [0.1, 0.15) is 11.4 Å². The van der Waals surface area contributed by atoms with Gasteiger partial charge in [0.25, 0.3) is 11.8 Å². The molecule has 0 radical (unpaired) electrons. The number of hydrogen-bond acceptors (Lipinski definition) is 3. The summed E-state index contributed by atoms with van der Waals surface area (Å²) >= 11 is 3.41. The fraction of sp³-hybridized carbons (Fsp3) is 0.235. The molecule has 0 atom stereocenters. The lowest BCUT2D eigenvalue weighted by molar-refractivity contribution is 0.0938. The largest absolute Gasteiger partial charge is 0.349 e. The Morgan fingerprint density at radius 1 is 1.09 bits per heavy atom. The van der Waals surface area contributed by atoms with Crippen molar-refractivity contribution in [3.63, 3.8) is 0 Å². The zero-order chi connectivity index (χ0) is 17.0. The number of halogens is 1. The van der Waals surface area contributed by atoms with Crippen molar-refractivity contribution in [2.24, 2.45) is 0 Å². The molecule has 0 aliphatic carbocycles. The monoisotopic (exact) mass is 375 g/mol. The maximum Gasteiger partial charge on any atom is 0.274 e. The van der Waals surface area contributed by atoms with E-state index >= 15 is 0 Å². The third kappa shape index (κ3) is 4.63. The van der Waals surface area contributed by atoms with Gasteiger partial charge in [-0.15, -0.1) is 0 Å². The van der Waals surface area contributed by atoms with E-state index in [1.807, 2.05) is 39.0 Å². The minimum Gasteiger partial charge on any atom is -0.349 e. The Morgan fingerprint density at radius 3 is 2.35 bits per heavy atom. The number of benzene rings is 1. The molecule has 1 heterocycles. The topological polar surface area (TPSA) is 71.1 Å². The lowest BCUT2D eigenvalue weighted by Crippen LogP contribution is -2.31. The highest BCUT2D eigenvalue weighted by molar-refractivity contribution is 9.10. The van der Waals surface area contributed by atoms with Gasteiger partial charge in [-0.2, -0.15) is 0 Å². The van der Waals surface area contributed by atoms with E-state index < -0.39 is 0 Å².